The van der Waals surface area contributed by atoms with E-state index in [0.29, 0.717) is 24.1 Å². The summed E-state index contributed by atoms with van der Waals surface area (Å²) in [4.78, 5) is 2.28. The van der Waals surface area contributed by atoms with E-state index in [4.69, 9.17) is 14.2 Å². The van der Waals surface area contributed by atoms with Gasteiger partial charge in [0, 0.05) is 31.3 Å². The molecule has 2 aliphatic rings. The first-order valence-electron chi connectivity index (χ1n) is 7.21. The van der Waals surface area contributed by atoms with Gasteiger partial charge in [-0.25, -0.2) is 0 Å². The van der Waals surface area contributed by atoms with Gasteiger partial charge in [-0.3, -0.25) is 4.90 Å². The van der Waals surface area contributed by atoms with Crippen molar-refractivity contribution >= 4 is 0 Å². The third-order valence-corrected chi connectivity index (χ3v) is 3.90. The second kappa shape index (κ2) is 5.89. The Morgan fingerprint density at radius 3 is 2.80 bits per heavy atom. The maximum atomic E-state index is 10.1. The third kappa shape index (κ3) is 2.83. The summed E-state index contributed by atoms with van der Waals surface area (Å²) in [6, 6.07) is 3.51. The fraction of sp³-hybridized carbons (Fsp3) is 0.600. The van der Waals surface area contributed by atoms with Crippen LogP contribution in [0.15, 0.2) is 12.1 Å². The zero-order valence-electron chi connectivity index (χ0n) is 11.8. The summed E-state index contributed by atoms with van der Waals surface area (Å²) in [5.41, 5.74) is 0.870. The molecule has 0 aliphatic carbocycles. The number of likely N-dealkylation sites (N-methyl/N-ethyl adjacent to an activating group) is 1. The first-order valence-corrected chi connectivity index (χ1v) is 7.21. The van der Waals surface area contributed by atoms with Crippen molar-refractivity contribution in [3.05, 3.63) is 17.7 Å². The van der Waals surface area contributed by atoms with E-state index in [2.05, 4.69) is 11.8 Å². The lowest BCUT2D eigenvalue weighted by atomic mass is 10.1. The van der Waals surface area contributed by atoms with Crippen LogP contribution in [0.2, 0.25) is 0 Å². The molecule has 0 saturated carbocycles. The number of hydrogen-bond donors (Lipinski definition) is 1. The van der Waals surface area contributed by atoms with Crippen LogP contribution in [-0.2, 0) is 11.3 Å². The van der Waals surface area contributed by atoms with Gasteiger partial charge >= 0.3 is 0 Å². The molecule has 0 aromatic heterocycles. The van der Waals surface area contributed by atoms with Crippen molar-refractivity contribution in [2.75, 3.05) is 26.5 Å². The molecule has 0 radical (unpaired) electrons. The number of ether oxygens (including phenoxy) is 3. The predicted molar refractivity (Wildman–Crippen MR) is 74.2 cm³/mol. The zero-order valence-corrected chi connectivity index (χ0v) is 11.8. The number of benzene rings is 1. The molecule has 0 spiro atoms. The van der Waals surface area contributed by atoms with Gasteiger partial charge in [0.05, 0.1) is 6.10 Å². The fourth-order valence-corrected chi connectivity index (χ4v) is 2.72. The molecule has 1 saturated heterocycles. The topological polar surface area (TPSA) is 51.2 Å². The zero-order chi connectivity index (χ0) is 13.9. The summed E-state index contributed by atoms with van der Waals surface area (Å²) in [6.07, 6.45) is 2.60. The number of phenols is 1. The van der Waals surface area contributed by atoms with Gasteiger partial charge in [-0.2, -0.15) is 0 Å². The summed E-state index contributed by atoms with van der Waals surface area (Å²) in [6.45, 7) is 5.75. The molecule has 0 bridgehead atoms. The highest BCUT2D eigenvalue weighted by molar-refractivity contribution is 5.51. The maximum absolute atomic E-state index is 10.1. The Morgan fingerprint density at radius 1 is 1.30 bits per heavy atom. The molecule has 1 aromatic carbocycles. The van der Waals surface area contributed by atoms with Crippen molar-refractivity contribution in [2.45, 2.75) is 32.4 Å². The van der Waals surface area contributed by atoms with Gasteiger partial charge < -0.3 is 19.3 Å². The summed E-state index contributed by atoms with van der Waals surface area (Å²) >= 11 is 0. The van der Waals surface area contributed by atoms with Crippen molar-refractivity contribution in [3.63, 3.8) is 0 Å². The highest BCUT2D eigenvalue weighted by Crippen LogP contribution is 2.38. The fourth-order valence-electron chi connectivity index (χ4n) is 2.72. The van der Waals surface area contributed by atoms with Gasteiger partial charge in [0.2, 0.25) is 6.79 Å². The van der Waals surface area contributed by atoms with Crippen LogP contribution in [0.1, 0.15) is 25.3 Å². The average Bonchev–Trinajstić information content (AvgIpc) is 3.09. The van der Waals surface area contributed by atoms with E-state index in [-0.39, 0.29) is 12.5 Å². The van der Waals surface area contributed by atoms with Gasteiger partial charge in [0.1, 0.15) is 5.75 Å². The third-order valence-electron chi connectivity index (χ3n) is 3.90. The van der Waals surface area contributed by atoms with Gasteiger partial charge in [-0.1, -0.05) is 6.92 Å². The molecule has 1 N–H and O–H groups in total. The van der Waals surface area contributed by atoms with Gasteiger partial charge in [-0.05, 0) is 25.5 Å². The number of aromatic hydroxyl groups is 1. The smallest absolute Gasteiger partial charge is 0.231 e. The Labute approximate surface area is 119 Å². The number of nitrogens with zero attached hydrogens (tertiary/aromatic N) is 1. The molecule has 5 nitrogen and oxygen atoms in total. The van der Waals surface area contributed by atoms with E-state index >= 15 is 0 Å². The van der Waals surface area contributed by atoms with Crippen molar-refractivity contribution in [1.29, 1.82) is 0 Å². The van der Waals surface area contributed by atoms with Gasteiger partial charge in [-0.15, -0.1) is 0 Å². The molecule has 0 amide bonds. The normalized spacial score (nSPS) is 20.8. The predicted octanol–water partition coefficient (Wildman–Crippen LogP) is 2.12. The number of hydrogen-bond acceptors (Lipinski definition) is 5. The Hall–Kier alpha value is -1.46. The minimum absolute atomic E-state index is 0.228. The first kappa shape index (κ1) is 13.5. The van der Waals surface area contributed by atoms with E-state index in [9.17, 15) is 5.11 Å². The summed E-state index contributed by atoms with van der Waals surface area (Å²) in [5.74, 6) is 1.60. The maximum Gasteiger partial charge on any atom is 0.231 e. The van der Waals surface area contributed by atoms with Crippen LogP contribution < -0.4 is 9.47 Å². The van der Waals surface area contributed by atoms with Crippen molar-refractivity contribution in [1.82, 2.24) is 4.90 Å². The second-order valence-electron chi connectivity index (χ2n) is 5.30. The lowest BCUT2D eigenvalue weighted by Crippen LogP contribution is -2.31. The highest BCUT2D eigenvalue weighted by atomic mass is 16.7. The van der Waals surface area contributed by atoms with E-state index in [1.807, 2.05) is 6.07 Å². The van der Waals surface area contributed by atoms with E-state index in [1.54, 1.807) is 6.07 Å². The van der Waals surface area contributed by atoms with Crippen LogP contribution in [0.5, 0.6) is 17.2 Å². The molecule has 20 heavy (non-hydrogen) atoms. The van der Waals surface area contributed by atoms with Gasteiger partial charge in [0.15, 0.2) is 11.5 Å². The Bertz CT molecular complexity index is 471. The highest BCUT2D eigenvalue weighted by Gasteiger charge is 2.21. The second-order valence-corrected chi connectivity index (χ2v) is 5.30. The molecule has 5 heteroatoms. The minimum Gasteiger partial charge on any atom is -0.507 e. The van der Waals surface area contributed by atoms with Crippen molar-refractivity contribution in [2.24, 2.45) is 0 Å². The van der Waals surface area contributed by atoms with Crippen molar-refractivity contribution in [3.8, 4) is 17.2 Å². The van der Waals surface area contributed by atoms with E-state index in [0.717, 1.165) is 38.1 Å². The SMILES string of the molecule is CCN(Cc1cc2c(cc1O)OCO2)CC1CCCO1. The number of fused-ring (bicyclic) bond motifs is 1. The summed E-state index contributed by atoms with van der Waals surface area (Å²) in [5, 5.41) is 10.1. The summed E-state index contributed by atoms with van der Waals surface area (Å²) in [7, 11) is 0. The molecule has 1 unspecified atom stereocenters. The molecule has 1 fully saturated rings. The molecule has 1 aromatic rings. The molecular formula is C15H21NO4. The molecular weight excluding hydrogens is 258 g/mol. The standard InChI is InChI=1S/C15H21NO4/c1-2-16(9-12-4-3-5-18-12)8-11-6-14-15(7-13(11)17)20-10-19-14/h6-7,12,17H,2-5,8-10H2,1H3. The van der Waals surface area contributed by atoms with Crippen molar-refractivity contribution < 1.29 is 19.3 Å². The van der Waals surface area contributed by atoms with Crippen LogP contribution in [0.4, 0.5) is 0 Å². The Kier molecular flexibility index (Phi) is 3.98. The van der Waals surface area contributed by atoms with Crippen LogP contribution in [0, 0.1) is 0 Å². The molecule has 110 valence electrons. The van der Waals surface area contributed by atoms with Crippen LogP contribution in [0.25, 0.3) is 0 Å². The van der Waals surface area contributed by atoms with Crippen LogP contribution in [-0.4, -0.2) is 42.6 Å². The Morgan fingerprint density at radius 2 is 2.10 bits per heavy atom. The minimum atomic E-state index is 0.228. The monoisotopic (exact) mass is 279 g/mol. The van der Waals surface area contributed by atoms with Crippen LogP contribution in [0.3, 0.4) is 0 Å². The number of phenolic OH excluding ortho intramolecular Hbond substituents is 1. The quantitative estimate of drug-likeness (QED) is 0.894. The Balaban J connectivity index is 1.68. The first-order chi connectivity index (χ1) is 9.76. The lowest BCUT2D eigenvalue weighted by Gasteiger charge is -2.24. The molecule has 1 atom stereocenters. The largest absolute Gasteiger partial charge is 0.507 e. The number of rotatable bonds is 5. The molecule has 2 aliphatic heterocycles. The lowest BCUT2D eigenvalue weighted by molar-refractivity contribution is 0.0722. The average molecular weight is 279 g/mol. The molecule has 2 heterocycles. The van der Waals surface area contributed by atoms with Gasteiger partial charge in [0.25, 0.3) is 0 Å². The summed E-state index contributed by atoms with van der Waals surface area (Å²) < 4.78 is 16.3. The van der Waals surface area contributed by atoms with E-state index < -0.39 is 0 Å². The van der Waals surface area contributed by atoms with E-state index in [1.165, 1.54) is 0 Å². The van der Waals surface area contributed by atoms with Crippen LogP contribution >= 0.6 is 0 Å². The molecule has 3 rings (SSSR count).